The average molecular weight is 303 g/mol. The van der Waals surface area contributed by atoms with Gasteiger partial charge in [-0.25, -0.2) is 0 Å². The molecule has 1 amide bonds. The number of carbonyl (C=O) groups excluding carboxylic acids is 1. The fourth-order valence-corrected chi connectivity index (χ4v) is 3.52. The molecule has 1 spiro atoms. The molecule has 0 unspecified atom stereocenters. The van der Waals surface area contributed by atoms with Crippen molar-refractivity contribution in [2.75, 3.05) is 32.9 Å². The number of fused-ring (bicyclic) bond motifs is 1. The Morgan fingerprint density at radius 3 is 2.68 bits per heavy atom. The van der Waals surface area contributed by atoms with Crippen molar-refractivity contribution < 1.29 is 19.0 Å². The predicted molar refractivity (Wildman–Crippen MR) is 79.8 cm³/mol. The Labute approximate surface area is 130 Å². The highest BCUT2D eigenvalue weighted by molar-refractivity contribution is 5.79. The number of likely N-dealkylation sites (tertiary alicyclic amines) is 1. The second-order valence-electron chi connectivity index (χ2n) is 6.21. The molecule has 0 saturated carbocycles. The number of hydrogen-bond donors (Lipinski definition) is 0. The molecular weight excluding hydrogens is 282 g/mol. The molecule has 1 aromatic rings. The highest BCUT2D eigenvalue weighted by atomic mass is 16.7. The number of rotatable bonds is 2. The number of hydrogen-bond acceptors (Lipinski definition) is 4. The highest BCUT2D eigenvalue weighted by Crippen LogP contribution is 2.31. The van der Waals surface area contributed by atoms with Gasteiger partial charge in [-0.15, -0.1) is 0 Å². The van der Waals surface area contributed by atoms with Gasteiger partial charge in [0.25, 0.3) is 0 Å². The molecule has 22 heavy (non-hydrogen) atoms. The van der Waals surface area contributed by atoms with Gasteiger partial charge < -0.3 is 19.1 Å². The Kier molecular flexibility index (Phi) is 3.54. The van der Waals surface area contributed by atoms with E-state index >= 15 is 0 Å². The summed E-state index contributed by atoms with van der Waals surface area (Å²) in [5.41, 5.74) is 2.29. The number of amides is 1. The van der Waals surface area contributed by atoms with E-state index < -0.39 is 5.79 Å². The zero-order chi connectivity index (χ0) is 15.0. The zero-order valence-corrected chi connectivity index (χ0v) is 12.7. The smallest absolute Gasteiger partial charge is 0.226 e. The molecule has 3 heterocycles. The molecule has 1 aromatic carbocycles. The van der Waals surface area contributed by atoms with Crippen molar-refractivity contribution in [2.45, 2.75) is 31.5 Å². The van der Waals surface area contributed by atoms with Gasteiger partial charge in [0.1, 0.15) is 5.75 Å². The second-order valence-corrected chi connectivity index (χ2v) is 6.21. The van der Waals surface area contributed by atoms with E-state index in [4.69, 9.17) is 14.2 Å². The van der Waals surface area contributed by atoms with Crippen LogP contribution in [0.2, 0.25) is 0 Å². The standard InChI is InChI=1S/C17H21NO4/c19-16(12-13-1-2-15-14(11-13)3-8-20-15)18-6-4-17(5-7-18)21-9-10-22-17/h1-2,11H,3-10,12H2. The molecule has 3 aliphatic rings. The van der Waals surface area contributed by atoms with E-state index in [1.165, 1.54) is 5.56 Å². The maximum Gasteiger partial charge on any atom is 0.226 e. The second kappa shape index (κ2) is 5.56. The maximum atomic E-state index is 12.5. The topological polar surface area (TPSA) is 48.0 Å². The van der Waals surface area contributed by atoms with Crippen molar-refractivity contribution in [1.29, 1.82) is 0 Å². The van der Waals surface area contributed by atoms with Crippen molar-refractivity contribution >= 4 is 5.91 Å². The van der Waals surface area contributed by atoms with Gasteiger partial charge in [-0.2, -0.15) is 0 Å². The number of piperidine rings is 1. The predicted octanol–water partition coefficient (Wildman–Crippen LogP) is 1.53. The van der Waals surface area contributed by atoms with Crippen molar-refractivity contribution in [1.82, 2.24) is 4.90 Å². The van der Waals surface area contributed by atoms with Gasteiger partial charge in [-0.05, 0) is 17.2 Å². The minimum Gasteiger partial charge on any atom is -0.493 e. The molecular formula is C17H21NO4. The molecule has 3 aliphatic heterocycles. The van der Waals surface area contributed by atoms with Crippen LogP contribution in [0.3, 0.4) is 0 Å². The first-order valence-electron chi connectivity index (χ1n) is 8.04. The molecule has 0 aromatic heterocycles. The molecule has 0 bridgehead atoms. The highest BCUT2D eigenvalue weighted by Gasteiger charge is 2.40. The molecule has 118 valence electrons. The first kappa shape index (κ1) is 14.0. The molecule has 0 aliphatic carbocycles. The summed E-state index contributed by atoms with van der Waals surface area (Å²) in [6, 6.07) is 6.09. The van der Waals surface area contributed by atoms with Gasteiger partial charge in [0.2, 0.25) is 5.91 Å². The van der Waals surface area contributed by atoms with Gasteiger partial charge >= 0.3 is 0 Å². The zero-order valence-electron chi connectivity index (χ0n) is 12.7. The lowest BCUT2D eigenvalue weighted by Crippen LogP contribution is -2.47. The molecule has 0 N–H and O–H groups in total. The van der Waals surface area contributed by atoms with E-state index in [2.05, 4.69) is 6.07 Å². The summed E-state index contributed by atoms with van der Waals surface area (Å²) in [5.74, 6) is 0.736. The third-order valence-electron chi connectivity index (χ3n) is 4.80. The molecule has 5 nitrogen and oxygen atoms in total. The fraction of sp³-hybridized carbons (Fsp3) is 0.588. The molecule has 4 rings (SSSR count). The van der Waals surface area contributed by atoms with Crippen molar-refractivity contribution in [3.8, 4) is 5.75 Å². The Morgan fingerprint density at radius 1 is 1.14 bits per heavy atom. The van der Waals surface area contributed by atoms with Crippen LogP contribution in [0.25, 0.3) is 0 Å². The minimum atomic E-state index is -0.415. The van der Waals surface area contributed by atoms with Crippen LogP contribution in [0, 0.1) is 0 Å². The van der Waals surface area contributed by atoms with Gasteiger partial charge in [0.15, 0.2) is 5.79 Å². The van der Waals surface area contributed by atoms with E-state index in [-0.39, 0.29) is 5.91 Å². The van der Waals surface area contributed by atoms with Crippen LogP contribution in [0.4, 0.5) is 0 Å². The summed E-state index contributed by atoms with van der Waals surface area (Å²) in [5, 5.41) is 0. The lowest BCUT2D eigenvalue weighted by atomic mass is 10.0. The van der Waals surface area contributed by atoms with Gasteiger partial charge in [-0.1, -0.05) is 12.1 Å². The summed E-state index contributed by atoms with van der Waals surface area (Å²) < 4.78 is 16.9. The normalized spacial score (nSPS) is 22.6. The first-order valence-corrected chi connectivity index (χ1v) is 8.04. The number of benzene rings is 1. The van der Waals surface area contributed by atoms with E-state index in [9.17, 15) is 4.79 Å². The summed E-state index contributed by atoms with van der Waals surface area (Å²) in [7, 11) is 0. The summed E-state index contributed by atoms with van der Waals surface area (Å²) in [6.45, 7) is 3.52. The van der Waals surface area contributed by atoms with Crippen LogP contribution in [0.15, 0.2) is 18.2 Å². The Hall–Kier alpha value is -1.59. The first-order chi connectivity index (χ1) is 10.7. The van der Waals surface area contributed by atoms with Gasteiger partial charge in [0, 0.05) is 32.4 Å². The number of carbonyl (C=O) groups is 1. The van der Waals surface area contributed by atoms with E-state index in [1.807, 2.05) is 17.0 Å². The van der Waals surface area contributed by atoms with E-state index in [1.54, 1.807) is 0 Å². The molecule has 0 atom stereocenters. The molecule has 2 saturated heterocycles. The Morgan fingerprint density at radius 2 is 1.91 bits per heavy atom. The number of nitrogens with zero attached hydrogens (tertiary/aromatic N) is 1. The number of ether oxygens (including phenoxy) is 3. The Bertz CT molecular complexity index is 570. The Balaban J connectivity index is 1.36. The van der Waals surface area contributed by atoms with Crippen LogP contribution in [-0.2, 0) is 27.1 Å². The van der Waals surface area contributed by atoms with E-state index in [0.717, 1.165) is 37.2 Å². The van der Waals surface area contributed by atoms with Crippen LogP contribution >= 0.6 is 0 Å². The molecule has 2 fully saturated rings. The van der Waals surface area contributed by atoms with Crippen LogP contribution in [0.5, 0.6) is 5.75 Å². The monoisotopic (exact) mass is 303 g/mol. The lowest BCUT2D eigenvalue weighted by molar-refractivity contribution is -0.187. The average Bonchev–Trinajstić information content (AvgIpc) is 3.17. The van der Waals surface area contributed by atoms with Gasteiger partial charge in [0.05, 0.1) is 26.2 Å². The fourth-order valence-electron chi connectivity index (χ4n) is 3.52. The molecule has 5 heteroatoms. The van der Waals surface area contributed by atoms with Crippen LogP contribution < -0.4 is 4.74 Å². The van der Waals surface area contributed by atoms with Crippen molar-refractivity contribution in [2.24, 2.45) is 0 Å². The largest absolute Gasteiger partial charge is 0.493 e. The SMILES string of the molecule is O=C(Cc1ccc2c(c1)CCO2)N1CCC2(CC1)OCCO2. The maximum absolute atomic E-state index is 12.5. The quantitative estimate of drug-likeness (QED) is 0.831. The summed E-state index contributed by atoms with van der Waals surface area (Å²) in [4.78, 5) is 14.4. The van der Waals surface area contributed by atoms with Crippen LogP contribution in [0.1, 0.15) is 24.0 Å². The van der Waals surface area contributed by atoms with Crippen LogP contribution in [-0.4, -0.2) is 49.5 Å². The minimum absolute atomic E-state index is 0.187. The van der Waals surface area contributed by atoms with Gasteiger partial charge in [-0.3, -0.25) is 4.79 Å². The summed E-state index contributed by atoms with van der Waals surface area (Å²) >= 11 is 0. The van der Waals surface area contributed by atoms with Crippen molar-refractivity contribution in [3.63, 3.8) is 0 Å². The van der Waals surface area contributed by atoms with E-state index in [0.29, 0.717) is 32.7 Å². The third-order valence-corrected chi connectivity index (χ3v) is 4.80. The van der Waals surface area contributed by atoms with Crippen molar-refractivity contribution in [3.05, 3.63) is 29.3 Å². The molecule has 0 radical (unpaired) electrons. The summed E-state index contributed by atoms with van der Waals surface area (Å²) in [6.07, 6.45) is 2.95. The lowest BCUT2D eigenvalue weighted by Gasteiger charge is -2.37. The third kappa shape index (κ3) is 2.59.